The van der Waals surface area contributed by atoms with Crippen LogP contribution in [0, 0.1) is 6.92 Å². The van der Waals surface area contributed by atoms with E-state index in [1.165, 1.54) is 6.20 Å². The predicted molar refractivity (Wildman–Crippen MR) is 75.5 cm³/mol. The van der Waals surface area contributed by atoms with Crippen LogP contribution in [-0.2, 0) is 9.59 Å². The van der Waals surface area contributed by atoms with E-state index in [2.05, 4.69) is 20.6 Å². The molecule has 0 atom stereocenters. The van der Waals surface area contributed by atoms with E-state index < -0.39 is 11.8 Å². The topological polar surface area (TPSA) is 84.0 Å². The Hall–Kier alpha value is -2.47. The minimum atomic E-state index is -0.845. The van der Waals surface area contributed by atoms with Crippen LogP contribution in [0.3, 0.4) is 0 Å². The van der Waals surface area contributed by atoms with Crippen LogP contribution in [0.4, 0.5) is 11.5 Å². The first-order valence-corrected chi connectivity index (χ1v) is 6.09. The Balaban J connectivity index is 2.01. The van der Waals surface area contributed by atoms with Crippen LogP contribution in [0.2, 0.25) is 5.15 Å². The van der Waals surface area contributed by atoms with Crippen LogP contribution in [0.1, 0.15) is 5.56 Å². The van der Waals surface area contributed by atoms with Gasteiger partial charge < -0.3 is 10.6 Å². The fourth-order valence-electron chi connectivity index (χ4n) is 1.37. The smallest absolute Gasteiger partial charge is 0.315 e. The van der Waals surface area contributed by atoms with Gasteiger partial charge in [0.1, 0.15) is 5.82 Å². The molecule has 2 aromatic rings. The van der Waals surface area contributed by atoms with Crippen LogP contribution in [0.15, 0.2) is 36.7 Å². The van der Waals surface area contributed by atoms with E-state index in [4.69, 9.17) is 11.6 Å². The van der Waals surface area contributed by atoms with Gasteiger partial charge in [0.05, 0.1) is 5.69 Å². The second-order valence-electron chi connectivity index (χ2n) is 3.97. The highest BCUT2D eigenvalue weighted by Crippen LogP contribution is 2.17. The molecule has 0 aliphatic carbocycles. The van der Waals surface area contributed by atoms with E-state index in [9.17, 15) is 9.59 Å². The number of carbonyl (C=O) groups is 2. The monoisotopic (exact) mass is 290 g/mol. The van der Waals surface area contributed by atoms with Crippen molar-refractivity contribution in [3.63, 3.8) is 0 Å². The van der Waals surface area contributed by atoms with Gasteiger partial charge in [0, 0.05) is 12.4 Å². The number of carbonyl (C=O) groups excluding carboxylic acids is 2. The van der Waals surface area contributed by atoms with Crippen LogP contribution in [0.25, 0.3) is 0 Å². The summed E-state index contributed by atoms with van der Waals surface area (Å²) in [6, 6.07) is 6.53. The van der Waals surface area contributed by atoms with Gasteiger partial charge in [0.25, 0.3) is 0 Å². The maximum atomic E-state index is 11.7. The average Bonchev–Trinajstić information content (AvgIpc) is 2.44. The van der Waals surface area contributed by atoms with E-state index in [1.807, 2.05) is 6.92 Å². The summed E-state index contributed by atoms with van der Waals surface area (Å²) in [4.78, 5) is 31.2. The molecule has 0 aromatic carbocycles. The lowest BCUT2D eigenvalue weighted by molar-refractivity contribution is -0.133. The number of amides is 2. The van der Waals surface area contributed by atoms with Crippen molar-refractivity contribution in [2.75, 3.05) is 10.6 Å². The molecular weight excluding hydrogens is 280 g/mol. The Kier molecular flexibility index (Phi) is 4.27. The summed E-state index contributed by atoms with van der Waals surface area (Å²) in [5.74, 6) is -1.38. The zero-order valence-electron chi connectivity index (χ0n) is 10.6. The standard InChI is InChI=1S/C13H11ClN4O2/c1-8-4-5-10(16-7-8)18-13(20)12(19)17-9-3-2-6-15-11(9)14/h2-7H,1H3,(H,17,19)(H,16,18,20). The Morgan fingerprint density at radius 2 is 1.85 bits per heavy atom. The fraction of sp³-hybridized carbons (Fsp3) is 0.0769. The van der Waals surface area contributed by atoms with E-state index >= 15 is 0 Å². The quantitative estimate of drug-likeness (QED) is 0.654. The average molecular weight is 291 g/mol. The van der Waals surface area contributed by atoms with E-state index in [-0.39, 0.29) is 10.8 Å². The van der Waals surface area contributed by atoms with Gasteiger partial charge in [-0.15, -0.1) is 0 Å². The lowest BCUT2D eigenvalue weighted by atomic mass is 10.3. The molecule has 7 heteroatoms. The van der Waals surface area contributed by atoms with Gasteiger partial charge in [-0.25, -0.2) is 9.97 Å². The second kappa shape index (κ2) is 6.12. The van der Waals surface area contributed by atoms with Crippen LogP contribution in [-0.4, -0.2) is 21.8 Å². The van der Waals surface area contributed by atoms with Gasteiger partial charge in [-0.3, -0.25) is 9.59 Å². The first-order valence-electron chi connectivity index (χ1n) is 5.72. The van der Waals surface area contributed by atoms with Crippen molar-refractivity contribution in [2.24, 2.45) is 0 Å². The molecule has 0 fully saturated rings. The summed E-state index contributed by atoms with van der Waals surface area (Å²) in [6.45, 7) is 1.87. The first-order chi connectivity index (χ1) is 9.56. The molecule has 0 unspecified atom stereocenters. The molecule has 2 rings (SSSR count). The summed E-state index contributed by atoms with van der Waals surface area (Å²) in [7, 11) is 0. The van der Waals surface area contributed by atoms with Gasteiger partial charge in [0.15, 0.2) is 5.15 Å². The number of hydrogen-bond acceptors (Lipinski definition) is 4. The van der Waals surface area contributed by atoms with E-state index in [0.29, 0.717) is 5.82 Å². The maximum Gasteiger partial charge on any atom is 0.315 e. The van der Waals surface area contributed by atoms with E-state index in [1.54, 1.807) is 30.5 Å². The van der Waals surface area contributed by atoms with Crippen molar-refractivity contribution in [1.29, 1.82) is 0 Å². The molecular formula is C13H11ClN4O2. The zero-order chi connectivity index (χ0) is 14.5. The molecule has 0 radical (unpaired) electrons. The lowest BCUT2D eigenvalue weighted by Gasteiger charge is -2.06. The van der Waals surface area contributed by atoms with Crippen LogP contribution in [0.5, 0.6) is 0 Å². The molecule has 0 aliphatic rings. The Bertz CT molecular complexity index is 643. The number of nitrogens with one attached hydrogen (secondary N) is 2. The minimum Gasteiger partial charge on any atom is -0.315 e. The van der Waals surface area contributed by atoms with Crippen molar-refractivity contribution in [3.8, 4) is 0 Å². The highest BCUT2D eigenvalue weighted by Gasteiger charge is 2.15. The van der Waals surface area contributed by atoms with Crippen molar-refractivity contribution in [2.45, 2.75) is 6.92 Å². The van der Waals surface area contributed by atoms with Crippen LogP contribution < -0.4 is 10.6 Å². The second-order valence-corrected chi connectivity index (χ2v) is 4.33. The van der Waals surface area contributed by atoms with Crippen molar-refractivity contribution >= 4 is 34.9 Å². The number of aryl methyl sites for hydroxylation is 1. The highest BCUT2D eigenvalue weighted by atomic mass is 35.5. The molecule has 2 amide bonds. The predicted octanol–water partition coefficient (Wildman–Crippen LogP) is 2.02. The van der Waals surface area contributed by atoms with Crippen molar-refractivity contribution in [1.82, 2.24) is 9.97 Å². The van der Waals surface area contributed by atoms with Crippen molar-refractivity contribution in [3.05, 3.63) is 47.4 Å². The molecule has 0 bridgehead atoms. The summed E-state index contributed by atoms with van der Waals surface area (Å²) in [5, 5.41) is 4.86. The summed E-state index contributed by atoms with van der Waals surface area (Å²) < 4.78 is 0. The van der Waals surface area contributed by atoms with E-state index in [0.717, 1.165) is 5.56 Å². The Morgan fingerprint density at radius 3 is 2.50 bits per heavy atom. The number of nitrogens with zero attached hydrogens (tertiary/aromatic N) is 2. The minimum absolute atomic E-state index is 0.113. The molecule has 0 saturated heterocycles. The number of rotatable bonds is 2. The summed E-state index contributed by atoms with van der Waals surface area (Å²) in [6.07, 6.45) is 3.07. The van der Waals surface area contributed by atoms with Gasteiger partial charge in [0.2, 0.25) is 0 Å². The number of halogens is 1. The number of aromatic nitrogens is 2. The normalized spacial score (nSPS) is 9.90. The third kappa shape index (κ3) is 3.52. The largest absolute Gasteiger partial charge is 0.315 e. The Morgan fingerprint density at radius 1 is 1.10 bits per heavy atom. The highest BCUT2D eigenvalue weighted by molar-refractivity contribution is 6.44. The molecule has 2 aromatic heterocycles. The molecule has 2 heterocycles. The Labute approximate surface area is 120 Å². The summed E-state index contributed by atoms with van der Waals surface area (Å²) in [5.41, 5.74) is 1.22. The maximum absolute atomic E-state index is 11.7. The SMILES string of the molecule is Cc1ccc(NC(=O)C(=O)Nc2cccnc2Cl)nc1. The molecule has 0 saturated carbocycles. The number of pyridine rings is 2. The molecule has 0 spiro atoms. The first kappa shape index (κ1) is 14.0. The van der Waals surface area contributed by atoms with Gasteiger partial charge in [-0.1, -0.05) is 17.7 Å². The van der Waals surface area contributed by atoms with Crippen molar-refractivity contribution < 1.29 is 9.59 Å². The molecule has 20 heavy (non-hydrogen) atoms. The lowest BCUT2D eigenvalue weighted by Crippen LogP contribution is -2.29. The van der Waals surface area contributed by atoms with Gasteiger partial charge >= 0.3 is 11.8 Å². The van der Waals surface area contributed by atoms with Crippen LogP contribution >= 0.6 is 11.6 Å². The third-order valence-corrected chi connectivity index (χ3v) is 2.67. The molecule has 6 nitrogen and oxygen atoms in total. The molecule has 102 valence electrons. The number of anilines is 2. The fourth-order valence-corrected chi connectivity index (χ4v) is 1.54. The molecule has 0 aliphatic heterocycles. The number of hydrogen-bond donors (Lipinski definition) is 2. The van der Waals surface area contributed by atoms with Gasteiger partial charge in [-0.05, 0) is 30.7 Å². The molecule has 2 N–H and O–H groups in total. The zero-order valence-corrected chi connectivity index (χ0v) is 11.3. The third-order valence-electron chi connectivity index (χ3n) is 2.37. The summed E-state index contributed by atoms with van der Waals surface area (Å²) >= 11 is 5.78. The van der Waals surface area contributed by atoms with Gasteiger partial charge in [-0.2, -0.15) is 0 Å².